The third kappa shape index (κ3) is 3.73. The normalized spacial score (nSPS) is 34.6. The third-order valence-electron chi connectivity index (χ3n) is 5.93. The maximum Gasteiger partial charge on any atom is 0.225 e. The number of nitrogens with zero attached hydrogens (tertiary/aromatic N) is 2. The van der Waals surface area contributed by atoms with Crippen molar-refractivity contribution >= 4 is 17.7 Å². The molecule has 3 rings (SSSR count). The van der Waals surface area contributed by atoms with E-state index in [1.165, 1.54) is 12.8 Å². The third-order valence-corrected chi connectivity index (χ3v) is 5.93. The first-order chi connectivity index (χ1) is 11.4. The fourth-order valence-electron chi connectivity index (χ4n) is 4.26. The van der Waals surface area contributed by atoms with E-state index in [9.17, 15) is 14.4 Å². The average molecular weight is 335 g/mol. The number of nitrogens with one attached hydrogen (secondary N) is 1. The standard InChI is InChI=1S/C18H29N3O3/c1-12-3-6-15(7-4-12)21-10-13(9-17(21)23)18(24)19-14-5-8-16(22)20(2)11-14/h12-15H,3-11H2,1-2H3,(H,19,24)/t12?,13-,14-,15?/m0/s1. The Balaban J connectivity index is 1.51. The van der Waals surface area contributed by atoms with Crippen molar-refractivity contribution in [2.24, 2.45) is 11.8 Å². The first-order valence-corrected chi connectivity index (χ1v) is 9.28. The van der Waals surface area contributed by atoms with Crippen LogP contribution in [0.2, 0.25) is 0 Å². The van der Waals surface area contributed by atoms with Crippen LogP contribution >= 0.6 is 0 Å². The fourth-order valence-corrected chi connectivity index (χ4v) is 4.26. The highest BCUT2D eigenvalue weighted by Crippen LogP contribution is 2.31. The van der Waals surface area contributed by atoms with Crippen molar-refractivity contribution in [1.82, 2.24) is 15.1 Å². The van der Waals surface area contributed by atoms with Crippen LogP contribution < -0.4 is 5.32 Å². The van der Waals surface area contributed by atoms with Crippen LogP contribution in [0.15, 0.2) is 0 Å². The zero-order chi connectivity index (χ0) is 17.3. The quantitative estimate of drug-likeness (QED) is 0.841. The zero-order valence-electron chi connectivity index (χ0n) is 14.8. The predicted molar refractivity (Wildman–Crippen MR) is 90.0 cm³/mol. The Morgan fingerprint density at radius 2 is 1.75 bits per heavy atom. The largest absolute Gasteiger partial charge is 0.351 e. The van der Waals surface area contributed by atoms with Crippen molar-refractivity contribution in [3.63, 3.8) is 0 Å². The smallest absolute Gasteiger partial charge is 0.225 e. The number of carbonyl (C=O) groups excluding carboxylic acids is 3. The van der Waals surface area contributed by atoms with Gasteiger partial charge in [-0.15, -0.1) is 0 Å². The van der Waals surface area contributed by atoms with Crippen molar-refractivity contribution in [2.45, 2.75) is 64.0 Å². The highest BCUT2D eigenvalue weighted by Gasteiger charge is 2.39. The summed E-state index contributed by atoms with van der Waals surface area (Å²) in [7, 11) is 1.77. The lowest BCUT2D eigenvalue weighted by Crippen LogP contribution is -2.50. The van der Waals surface area contributed by atoms with Crippen LogP contribution in [0.4, 0.5) is 0 Å². The lowest BCUT2D eigenvalue weighted by Gasteiger charge is -2.34. The molecule has 0 unspecified atom stereocenters. The molecule has 1 aliphatic carbocycles. The van der Waals surface area contributed by atoms with Gasteiger partial charge in [-0.25, -0.2) is 0 Å². The first kappa shape index (κ1) is 17.2. The Kier molecular flexibility index (Phi) is 5.11. The van der Waals surface area contributed by atoms with Gasteiger partial charge in [-0.3, -0.25) is 14.4 Å². The van der Waals surface area contributed by atoms with Gasteiger partial charge in [-0.1, -0.05) is 6.92 Å². The van der Waals surface area contributed by atoms with Gasteiger partial charge >= 0.3 is 0 Å². The van der Waals surface area contributed by atoms with Crippen LogP contribution in [-0.4, -0.2) is 59.7 Å². The van der Waals surface area contributed by atoms with E-state index in [1.807, 2.05) is 4.90 Å². The molecule has 0 radical (unpaired) electrons. The number of likely N-dealkylation sites (N-methyl/N-ethyl adjacent to an activating group) is 1. The molecular weight excluding hydrogens is 306 g/mol. The predicted octanol–water partition coefficient (Wildman–Crippen LogP) is 1.15. The first-order valence-electron chi connectivity index (χ1n) is 9.28. The molecule has 0 aromatic heterocycles. The average Bonchev–Trinajstić information content (AvgIpc) is 2.94. The maximum absolute atomic E-state index is 12.5. The second-order valence-corrected chi connectivity index (χ2v) is 7.88. The van der Waals surface area contributed by atoms with Gasteiger partial charge in [0.05, 0.1) is 5.92 Å². The number of amides is 3. The molecule has 1 saturated carbocycles. The summed E-state index contributed by atoms with van der Waals surface area (Å²) in [5, 5.41) is 3.05. The topological polar surface area (TPSA) is 69.7 Å². The molecular formula is C18H29N3O3. The molecule has 6 nitrogen and oxygen atoms in total. The van der Waals surface area contributed by atoms with Crippen LogP contribution in [0.1, 0.15) is 51.9 Å². The lowest BCUT2D eigenvalue weighted by atomic mass is 9.86. The van der Waals surface area contributed by atoms with Crippen LogP contribution in [0.3, 0.4) is 0 Å². The minimum absolute atomic E-state index is 0.0138. The SMILES string of the molecule is CC1CCC(N2C[C@@H](C(=O)N[C@H]3CCC(=O)N(C)C3)CC2=O)CC1. The zero-order valence-corrected chi connectivity index (χ0v) is 14.8. The second-order valence-electron chi connectivity index (χ2n) is 7.88. The number of piperidine rings is 1. The van der Waals surface area contributed by atoms with Crippen LogP contribution in [0.25, 0.3) is 0 Å². The molecule has 2 aliphatic heterocycles. The number of likely N-dealkylation sites (tertiary alicyclic amines) is 2. The van der Waals surface area contributed by atoms with E-state index in [1.54, 1.807) is 11.9 Å². The molecule has 0 bridgehead atoms. The van der Waals surface area contributed by atoms with Crippen molar-refractivity contribution in [3.05, 3.63) is 0 Å². The Labute approximate surface area is 143 Å². The summed E-state index contributed by atoms with van der Waals surface area (Å²) in [5.41, 5.74) is 0. The molecule has 2 atom stereocenters. The molecule has 3 fully saturated rings. The van der Waals surface area contributed by atoms with Crippen LogP contribution in [-0.2, 0) is 14.4 Å². The Morgan fingerprint density at radius 1 is 1.04 bits per heavy atom. The summed E-state index contributed by atoms with van der Waals surface area (Å²) in [6.07, 6.45) is 5.99. The van der Waals surface area contributed by atoms with Gasteiger partial charge in [0.25, 0.3) is 0 Å². The maximum atomic E-state index is 12.5. The Hall–Kier alpha value is -1.59. The van der Waals surface area contributed by atoms with Crippen molar-refractivity contribution in [3.8, 4) is 0 Å². The summed E-state index contributed by atoms with van der Waals surface area (Å²) >= 11 is 0. The molecule has 2 heterocycles. The minimum Gasteiger partial charge on any atom is -0.351 e. The summed E-state index contributed by atoms with van der Waals surface area (Å²) in [5.74, 6) is 0.756. The number of rotatable bonds is 3. The number of hydrogen-bond acceptors (Lipinski definition) is 3. The van der Waals surface area contributed by atoms with Crippen LogP contribution in [0, 0.1) is 11.8 Å². The van der Waals surface area contributed by atoms with Crippen molar-refractivity contribution in [2.75, 3.05) is 20.1 Å². The van der Waals surface area contributed by atoms with Gasteiger partial charge in [-0.05, 0) is 38.0 Å². The molecule has 0 spiro atoms. The van der Waals surface area contributed by atoms with Crippen LogP contribution in [0.5, 0.6) is 0 Å². The van der Waals surface area contributed by atoms with E-state index < -0.39 is 0 Å². The highest BCUT2D eigenvalue weighted by molar-refractivity contribution is 5.89. The number of hydrogen-bond donors (Lipinski definition) is 1. The molecule has 6 heteroatoms. The Bertz CT molecular complexity index is 514. The van der Waals surface area contributed by atoms with E-state index in [-0.39, 0.29) is 29.7 Å². The lowest BCUT2D eigenvalue weighted by molar-refractivity contribution is -0.134. The van der Waals surface area contributed by atoms with Gasteiger partial charge in [0.15, 0.2) is 0 Å². The van der Waals surface area contributed by atoms with Crippen molar-refractivity contribution in [1.29, 1.82) is 0 Å². The summed E-state index contributed by atoms with van der Waals surface area (Å²) in [4.78, 5) is 40.0. The fraction of sp³-hybridized carbons (Fsp3) is 0.833. The van der Waals surface area contributed by atoms with Gasteiger partial charge in [0, 0.05) is 45.1 Å². The summed E-state index contributed by atoms with van der Waals surface area (Å²) < 4.78 is 0. The van der Waals surface area contributed by atoms with E-state index in [0.29, 0.717) is 38.4 Å². The van der Waals surface area contributed by atoms with E-state index in [4.69, 9.17) is 0 Å². The van der Waals surface area contributed by atoms with Gasteiger partial charge in [0.2, 0.25) is 17.7 Å². The summed E-state index contributed by atoms with van der Waals surface area (Å²) in [6.45, 7) is 3.39. The molecule has 1 N–H and O–H groups in total. The number of carbonyl (C=O) groups is 3. The molecule has 24 heavy (non-hydrogen) atoms. The van der Waals surface area contributed by atoms with E-state index in [2.05, 4.69) is 12.2 Å². The molecule has 3 amide bonds. The van der Waals surface area contributed by atoms with E-state index >= 15 is 0 Å². The van der Waals surface area contributed by atoms with Gasteiger partial charge < -0.3 is 15.1 Å². The van der Waals surface area contributed by atoms with Crippen molar-refractivity contribution < 1.29 is 14.4 Å². The highest BCUT2D eigenvalue weighted by atomic mass is 16.2. The molecule has 134 valence electrons. The monoisotopic (exact) mass is 335 g/mol. The molecule has 2 saturated heterocycles. The summed E-state index contributed by atoms with van der Waals surface area (Å²) in [6, 6.07) is 0.338. The Morgan fingerprint density at radius 3 is 2.42 bits per heavy atom. The van der Waals surface area contributed by atoms with Gasteiger partial charge in [0.1, 0.15) is 0 Å². The molecule has 0 aromatic carbocycles. The molecule has 3 aliphatic rings. The second kappa shape index (κ2) is 7.11. The van der Waals surface area contributed by atoms with E-state index in [0.717, 1.165) is 18.8 Å². The molecule has 0 aromatic rings. The minimum atomic E-state index is -0.236. The van der Waals surface area contributed by atoms with Gasteiger partial charge in [-0.2, -0.15) is 0 Å².